The number of pyridine rings is 1. The fraction of sp³-hybridized carbons (Fsp3) is 0.278. The summed E-state index contributed by atoms with van der Waals surface area (Å²) in [7, 11) is 0. The SMILES string of the molecule is CC(=O)N1CCN(C(=O)c2c[nH]c(=O)c(-c3ccccc3)c2)CC1. The van der Waals surface area contributed by atoms with Crippen molar-refractivity contribution in [3.63, 3.8) is 0 Å². The Bertz CT molecular complexity index is 806. The predicted molar refractivity (Wildman–Crippen MR) is 90.7 cm³/mol. The van der Waals surface area contributed by atoms with Crippen LogP contribution in [0.1, 0.15) is 17.3 Å². The summed E-state index contributed by atoms with van der Waals surface area (Å²) in [5.41, 5.74) is 1.47. The topological polar surface area (TPSA) is 73.5 Å². The van der Waals surface area contributed by atoms with Crippen LogP contribution in [0.15, 0.2) is 47.4 Å². The van der Waals surface area contributed by atoms with Crippen LogP contribution in [0, 0.1) is 0 Å². The molecule has 3 rings (SSSR count). The molecule has 1 saturated heterocycles. The zero-order valence-corrected chi connectivity index (χ0v) is 13.5. The molecule has 1 N–H and O–H groups in total. The van der Waals surface area contributed by atoms with Crippen molar-refractivity contribution in [2.24, 2.45) is 0 Å². The smallest absolute Gasteiger partial charge is 0.255 e. The van der Waals surface area contributed by atoms with Gasteiger partial charge in [-0.1, -0.05) is 30.3 Å². The first-order valence-corrected chi connectivity index (χ1v) is 7.89. The fourth-order valence-corrected chi connectivity index (χ4v) is 2.85. The number of carbonyl (C=O) groups excluding carboxylic acids is 2. The Morgan fingerprint density at radius 2 is 1.62 bits per heavy atom. The lowest BCUT2D eigenvalue weighted by molar-refractivity contribution is -0.130. The summed E-state index contributed by atoms with van der Waals surface area (Å²) in [5, 5.41) is 0. The molecule has 1 aliphatic heterocycles. The molecule has 1 aromatic heterocycles. The lowest BCUT2D eigenvalue weighted by Gasteiger charge is -2.34. The molecular formula is C18H19N3O3. The van der Waals surface area contributed by atoms with Crippen LogP contribution < -0.4 is 5.56 Å². The molecule has 1 aliphatic rings. The molecule has 0 atom stereocenters. The van der Waals surface area contributed by atoms with Gasteiger partial charge < -0.3 is 14.8 Å². The first-order valence-electron chi connectivity index (χ1n) is 7.89. The lowest BCUT2D eigenvalue weighted by Crippen LogP contribution is -2.50. The van der Waals surface area contributed by atoms with Crippen LogP contribution in [0.5, 0.6) is 0 Å². The molecule has 0 unspecified atom stereocenters. The highest BCUT2D eigenvalue weighted by Gasteiger charge is 2.23. The first-order chi connectivity index (χ1) is 11.6. The van der Waals surface area contributed by atoms with E-state index in [1.54, 1.807) is 15.9 Å². The second-order valence-corrected chi connectivity index (χ2v) is 5.80. The van der Waals surface area contributed by atoms with Crippen molar-refractivity contribution < 1.29 is 9.59 Å². The van der Waals surface area contributed by atoms with Crippen molar-refractivity contribution in [2.75, 3.05) is 26.2 Å². The van der Waals surface area contributed by atoms with Crippen LogP contribution in [0.4, 0.5) is 0 Å². The van der Waals surface area contributed by atoms with E-state index in [0.29, 0.717) is 37.3 Å². The van der Waals surface area contributed by atoms with Crippen molar-refractivity contribution in [3.8, 4) is 11.1 Å². The molecule has 0 spiro atoms. The highest BCUT2D eigenvalue weighted by atomic mass is 16.2. The normalized spacial score (nSPS) is 14.5. The summed E-state index contributed by atoms with van der Waals surface area (Å²) in [6.07, 6.45) is 1.45. The van der Waals surface area contributed by atoms with Crippen molar-refractivity contribution in [1.29, 1.82) is 0 Å². The van der Waals surface area contributed by atoms with E-state index in [9.17, 15) is 14.4 Å². The molecule has 2 amide bonds. The van der Waals surface area contributed by atoms with Crippen LogP contribution in [-0.2, 0) is 4.79 Å². The number of H-pyrrole nitrogens is 1. The number of aromatic nitrogens is 1. The minimum atomic E-state index is -0.223. The molecule has 0 saturated carbocycles. The minimum absolute atomic E-state index is 0.0255. The van der Waals surface area contributed by atoms with Crippen LogP contribution in [0.3, 0.4) is 0 Å². The maximum atomic E-state index is 12.7. The third-order valence-corrected chi connectivity index (χ3v) is 4.25. The third kappa shape index (κ3) is 3.22. The number of hydrogen-bond acceptors (Lipinski definition) is 3. The molecule has 2 heterocycles. The van der Waals surface area contributed by atoms with Crippen LogP contribution in [0.25, 0.3) is 11.1 Å². The molecule has 6 heteroatoms. The van der Waals surface area contributed by atoms with E-state index in [4.69, 9.17) is 0 Å². The number of nitrogens with zero attached hydrogens (tertiary/aromatic N) is 2. The second-order valence-electron chi connectivity index (χ2n) is 5.80. The fourth-order valence-electron chi connectivity index (χ4n) is 2.85. The van der Waals surface area contributed by atoms with Crippen molar-refractivity contribution >= 4 is 11.8 Å². The van der Waals surface area contributed by atoms with Gasteiger partial charge in [0.2, 0.25) is 5.91 Å². The molecular weight excluding hydrogens is 306 g/mol. The summed E-state index contributed by atoms with van der Waals surface area (Å²) < 4.78 is 0. The minimum Gasteiger partial charge on any atom is -0.339 e. The highest BCUT2D eigenvalue weighted by Crippen LogP contribution is 2.17. The van der Waals surface area contributed by atoms with Gasteiger partial charge in [-0.05, 0) is 11.6 Å². The average Bonchev–Trinajstić information content (AvgIpc) is 2.62. The van der Waals surface area contributed by atoms with Crippen molar-refractivity contribution in [3.05, 3.63) is 58.5 Å². The number of amides is 2. The Morgan fingerprint density at radius 3 is 2.25 bits per heavy atom. The zero-order chi connectivity index (χ0) is 17.1. The van der Waals surface area contributed by atoms with Crippen LogP contribution in [0.2, 0.25) is 0 Å². The van der Waals surface area contributed by atoms with E-state index in [-0.39, 0.29) is 17.4 Å². The van der Waals surface area contributed by atoms with E-state index in [2.05, 4.69) is 4.98 Å². The maximum Gasteiger partial charge on any atom is 0.255 e. The molecule has 1 fully saturated rings. The van der Waals surface area contributed by atoms with E-state index < -0.39 is 0 Å². The summed E-state index contributed by atoms with van der Waals surface area (Å²) in [4.78, 5) is 42.2. The largest absolute Gasteiger partial charge is 0.339 e. The zero-order valence-electron chi connectivity index (χ0n) is 13.5. The predicted octanol–water partition coefficient (Wildman–Crippen LogP) is 1.35. The van der Waals surface area contributed by atoms with E-state index in [1.807, 2.05) is 30.3 Å². The Morgan fingerprint density at radius 1 is 1.00 bits per heavy atom. The van der Waals surface area contributed by atoms with Gasteiger partial charge in [-0.3, -0.25) is 14.4 Å². The van der Waals surface area contributed by atoms with Crippen molar-refractivity contribution in [1.82, 2.24) is 14.8 Å². The Hall–Kier alpha value is -2.89. The number of hydrogen-bond donors (Lipinski definition) is 1. The molecule has 6 nitrogen and oxygen atoms in total. The van der Waals surface area contributed by atoms with Crippen molar-refractivity contribution in [2.45, 2.75) is 6.92 Å². The molecule has 2 aromatic rings. The standard InChI is InChI=1S/C18H19N3O3/c1-13(22)20-7-9-21(10-8-20)18(24)15-11-16(17(23)19-12-15)14-5-3-2-4-6-14/h2-6,11-12H,7-10H2,1H3,(H,19,23). The Balaban J connectivity index is 1.82. The van der Waals surface area contributed by atoms with E-state index in [0.717, 1.165) is 5.56 Å². The molecule has 124 valence electrons. The monoisotopic (exact) mass is 325 g/mol. The van der Waals surface area contributed by atoms with Gasteiger partial charge in [0.1, 0.15) is 0 Å². The molecule has 0 aliphatic carbocycles. The number of rotatable bonds is 2. The van der Waals surface area contributed by atoms with Crippen LogP contribution >= 0.6 is 0 Å². The quantitative estimate of drug-likeness (QED) is 0.906. The molecule has 0 bridgehead atoms. The van der Waals surface area contributed by atoms with Crippen LogP contribution in [-0.4, -0.2) is 52.8 Å². The van der Waals surface area contributed by atoms with Gasteiger partial charge in [-0.15, -0.1) is 0 Å². The Kier molecular flexibility index (Phi) is 4.46. The summed E-state index contributed by atoms with van der Waals surface area (Å²) in [6.45, 7) is 3.61. The van der Waals surface area contributed by atoms with Gasteiger partial charge in [-0.25, -0.2) is 0 Å². The first kappa shape index (κ1) is 16.0. The number of carbonyl (C=O) groups is 2. The van der Waals surface area contributed by atoms with Gasteiger partial charge in [0.05, 0.1) is 5.56 Å². The number of nitrogens with one attached hydrogen (secondary N) is 1. The van der Waals surface area contributed by atoms with Gasteiger partial charge in [0.25, 0.3) is 11.5 Å². The summed E-state index contributed by atoms with van der Waals surface area (Å²) >= 11 is 0. The summed E-state index contributed by atoms with van der Waals surface area (Å²) in [5.74, 6) is -0.107. The lowest BCUT2D eigenvalue weighted by atomic mass is 10.1. The number of benzene rings is 1. The van der Waals surface area contributed by atoms with Gasteiger partial charge >= 0.3 is 0 Å². The Labute approximate surface area is 139 Å². The van der Waals surface area contributed by atoms with Gasteiger partial charge in [0, 0.05) is 44.9 Å². The average molecular weight is 325 g/mol. The molecule has 24 heavy (non-hydrogen) atoms. The van der Waals surface area contributed by atoms with E-state index in [1.165, 1.54) is 13.1 Å². The summed E-state index contributed by atoms with van der Waals surface area (Å²) in [6, 6.07) is 10.9. The molecule has 1 aromatic carbocycles. The third-order valence-electron chi connectivity index (χ3n) is 4.25. The van der Waals surface area contributed by atoms with Gasteiger partial charge in [0.15, 0.2) is 0 Å². The highest BCUT2D eigenvalue weighted by molar-refractivity contribution is 5.95. The molecule has 0 radical (unpaired) electrons. The second kappa shape index (κ2) is 6.70. The number of aromatic amines is 1. The maximum absolute atomic E-state index is 12.7. The number of piperazine rings is 1. The van der Waals surface area contributed by atoms with E-state index >= 15 is 0 Å². The van der Waals surface area contributed by atoms with Gasteiger partial charge in [-0.2, -0.15) is 0 Å².